The number of hydrogen-bond acceptors (Lipinski definition) is 5. The smallest absolute Gasteiger partial charge is 0.312 e. The lowest BCUT2D eigenvalue weighted by atomic mass is 10.0. The van der Waals surface area contributed by atoms with E-state index in [-0.39, 0.29) is 21.9 Å². The summed E-state index contributed by atoms with van der Waals surface area (Å²) in [4.78, 5) is 14.5. The van der Waals surface area contributed by atoms with Crippen molar-refractivity contribution in [2.75, 3.05) is 25.6 Å². The van der Waals surface area contributed by atoms with Gasteiger partial charge in [0, 0.05) is 32.5 Å². The summed E-state index contributed by atoms with van der Waals surface area (Å²) >= 11 is 5.72. The first-order valence-corrected chi connectivity index (χ1v) is 6.47. The van der Waals surface area contributed by atoms with Gasteiger partial charge >= 0.3 is 5.69 Å². The Balaban J connectivity index is 2.01. The molecule has 0 spiro atoms. The van der Waals surface area contributed by atoms with Crippen LogP contribution in [0.15, 0.2) is 12.3 Å². The van der Waals surface area contributed by atoms with Crippen LogP contribution in [-0.2, 0) is 4.74 Å². The molecule has 1 aromatic rings. The van der Waals surface area contributed by atoms with Gasteiger partial charge in [0.25, 0.3) is 0 Å². The van der Waals surface area contributed by atoms with Crippen molar-refractivity contribution in [3.05, 3.63) is 27.4 Å². The molecule has 1 N–H and O–H groups in total. The van der Waals surface area contributed by atoms with E-state index in [2.05, 4.69) is 10.3 Å². The highest BCUT2D eigenvalue weighted by Gasteiger charge is 2.42. The normalized spacial score (nSPS) is 16.1. The van der Waals surface area contributed by atoms with Crippen molar-refractivity contribution in [2.24, 2.45) is 5.41 Å². The van der Waals surface area contributed by atoms with Crippen molar-refractivity contribution < 1.29 is 9.66 Å². The highest BCUT2D eigenvalue weighted by molar-refractivity contribution is 6.30. The summed E-state index contributed by atoms with van der Waals surface area (Å²) in [6, 6.07) is 1.31. The molecule has 19 heavy (non-hydrogen) atoms. The lowest BCUT2D eigenvalue weighted by Crippen LogP contribution is -2.18. The van der Waals surface area contributed by atoms with Gasteiger partial charge in [-0.25, -0.2) is 4.98 Å². The largest absolute Gasteiger partial charge is 0.385 e. The monoisotopic (exact) mass is 285 g/mol. The number of halogens is 1. The number of nitrogens with one attached hydrogen (secondary N) is 1. The minimum atomic E-state index is -0.476. The third kappa shape index (κ3) is 3.54. The first-order chi connectivity index (χ1) is 9.06. The molecular weight excluding hydrogens is 270 g/mol. The van der Waals surface area contributed by atoms with Crippen LogP contribution < -0.4 is 5.32 Å². The minimum absolute atomic E-state index is 0.0879. The zero-order chi connectivity index (χ0) is 13.9. The van der Waals surface area contributed by atoms with E-state index >= 15 is 0 Å². The third-order valence-corrected chi connectivity index (χ3v) is 3.66. The number of aromatic nitrogens is 1. The summed E-state index contributed by atoms with van der Waals surface area (Å²) in [6.45, 7) is 1.38. The van der Waals surface area contributed by atoms with Gasteiger partial charge in [-0.05, 0) is 24.7 Å². The fourth-order valence-corrected chi connectivity index (χ4v) is 2.14. The van der Waals surface area contributed by atoms with Crippen LogP contribution in [0.3, 0.4) is 0 Å². The quantitative estimate of drug-likeness (QED) is 0.616. The number of ether oxygens (including phenoxy) is 1. The van der Waals surface area contributed by atoms with Crippen molar-refractivity contribution in [2.45, 2.75) is 19.3 Å². The molecule has 1 fully saturated rings. The molecule has 0 bridgehead atoms. The molecule has 0 radical (unpaired) electrons. The van der Waals surface area contributed by atoms with Gasteiger partial charge in [0.05, 0.1) is 9.95 Å². The van der Waals surface area contributed by atoms with Crippen LogP contribution in [0.5, 0.6) is 0 Å². The molecule has 1 heterocycles. The van der Waals surface area contributed by atoms with E-state index in [0.717, 1.165) is 19.3 Å². The predicted molar refractivity (Wildman–Crippen MR) is 72.6 cm³/mol. The van der Waals surface area contributed by atoms with Gasteiger partial charge in [-0.3, -0.25) is 10.1 Å². The van der Waals surface area contributed by atoms with Crippen LogP contribution >= 0.6 is 11.6 Å². The molecule has 1 aromatic heterocycles. The van der Waals surface area contributed by atoms with Crippen LogP contribution in [0.1, 0.15) is 19.3 Å². The molecule has 7 heteroatoms. The van der Waals surface area contributed by atoms with Crippen LogP contribution in [0.4, 0.5) is 11.5 Å². The maximum atomic E-state index is 10.9. The van der Waals surface area contributed by atoms with Crippen LogP contribution in [-0.4, -0.2) is 30.2 Å². The Morgan fingerprint density at radius 1 is 1.63 bits per heavy atom. The average molecular weight is 286 g/mol. The Bertz CT molecular complexity index is 477. The summed E-state index contributed by atoms with van der Waals surface area (Å²) in [5.41, 5.74) is 0.112. The van der Waals surface area contributed by atoms with Crippen LogP contribution in [0.2, 0.25) is 5.02 Å². The van der Waals surface area contributed by atoms with Gasteiger partial charge in [0.1, 0.15) is 0 Å². The van der Waals surface area contributed by atoms with Gasteiger partial charge in [-0.1, -0.05) is 11.6 Å². The van der Waals surface area contributed by atoms with E-state index in [1.54, 1.807) is 7.11 Å². The zero-order valence-electron chi connectivity index (χ0n) is 10.7. The highest BCUT2D eigenvalue weighted by atomic mass is 35.5. The summed E-state index contributed by atoms with van der Waals surface area (Å²) in [5.74, 6) is 0.276. The first kappa shape index (κ1) is 14.0. The van der Waals surface area contributed by atoms with Crippen molar-refractivity contribution in [1.29, 1.82) is 0 Å². The molecule has 0 aliphatic heterocycles. The molecule has 0 saturated heterocycles. The molecule has 0 aromatic carbocycles. The number of methoxy groups -OCH3 is 1. The number of nitro groups is 1. The molecule has 0 unspecified atom stereocenters. The molecule has 1 aliphatic carbocycles. The Morgan fingerprint density at radius 2 is 2.37 bits per heavy atom. The molecule has 2 rings (SSSR count). The molecule has 1 aliphatic rings. The fraction of sp³-hybridized carbons (Fsp3) is 0.583. The van der Waals surface area contributed by atoms with Crippen LogP contribution in [0.25, 0.3) is 0 Å². The van der Waals surface area contributed by atoms with E-state index in [1.807, 2.05) is 0 Å². The van der Waals surface area contributed by atoms with Crippen molar-refractivity contribution in [1.82, 2.24) is 4.98 Å². The van der Waals surface area contributed by atoms with Gasteiger partial charge in [-0.2, -0.15) is 0 Å². The van der Waals surface area contributed by atoms with Crippen molar-refractivity contribution >= 4 is 23.1 Å². The third-order valence-electron chi connectivity index (χ3n) is 3.46. The number of nitrogens with zero attached hydrogens (tertiary/aromatic N) is 2. The van der Waals surface area contributed by atoms with Crippen LogP contribution in [0, 0.1) is 15.5 Å². The summed E-state index contributed by atoms with van der Waals surface area (Å²) in [5, 5.41) is 14.3. The SMILES string of the molecule is COCCC1(CNc2ncc(Cl)cc2[N+](=O)[O-])CC1. The highest BCUT2D eigenvalue weighted by Crippen LogP contribution is 2.48. The summed E-state index contributed by atoms with van der Waals surface area (Å²) in [7, 11) is 1.68. The standard InChI is InChI=1S/C12H16ClN3O3/c1-19-5-4-12(2-3-12)8-15-11-10(16(17)18)6-9(13)7-14-11/h6-7H,2-5,8H2,1H3,(H,14,15). The Labute approximate surface area is 116 Å². The van der Waals surface area contributed by atoms with Gasteiger partial charge in [0.2, 0.25) is 5.82 Å². The van der Waals surface area contributed by atoms with E-state index in [9.17, 15) is 10.1 Å². The number of hydrogen-bond donors (Lipinski definition) is 1. The molecule has 1 saturated carbocycles. The Kier molecular flexibility index (Phi) is 4.21. The molecule has 6 nitrogen and oxygen atoms in total. The molecule has 104 valence electrons. The molecule has 0 amide bonds. The van der Waals surface area contributed by atoms with E-state index < -0.39 is 4.92 Å². The maximum Gasteiger partial charge on any atom is 0.312 e. The maximum absolute atomic E-state index is 10.9. The topological polar surface area (TPSA) is 77.3 Å². The second kappa shape index (κ2) is 5.71. The minimum Gasteiger partial charge on any atom is -0.385 e. The molecular formula is C12H16ClN3O3. The van der Waals surface area contributed by atoms with Crippen molar-refractivity contribution in [3.63, 3.8) is 0 Å². The van der Waals surface area contributed by atoms with Gasteiger partial charge in [-0.15, -0.1) is 0 Å². The van der Waals surface area contributed by atoms with Gasteiger partial charge < -0.3 is 10.1 Å². The summed E-state index contributed by atoms with van der Waals surface area (Å²) < 4.78 is 5.08. The second-order valence-corrected chi connectivity index (χ2v) is 5.31. The van der Waals surface area contributed by atoms with Crippen molar-refractivity contribution in [3.8, 4) is 0 Å². The lowest BCUT2D eigenvalue weighted by Gasteiger charge is -2.15. The average Bonchev–Trinajstić information content (AvgIpc) is 3.15. The summed E-state index contributed by atoms with van der Waals surface area (Å²) in [6.07, 6.45) is 4.60. The zero-order valence-corrected chi connectivity index (χ0v) is 11.4. The second-order valence-electron chi connectivity index (χ2n) is 4.87. The first-order valence-electron chi connectivity index (χ1n) is 6.09. The van der Waals surface area contributed by atoms with E-state index in [0.29, 0.717) is 13.2 Å². The predicted octanol–water partition coefficient (Wildman–Crippen LogP) is 2.87. The number of pyridine rings is 1. The number of anilines is 1. The van der Waals surface area contributed by atoms with E-state index in [1.165, 1.54) is 12.3 Å². The van der Waals surface area contributed by atoms with E-state index in [4.69, 9.17) is 16.3 Å². The Morgan fingerprint density at radius 3 is 2.95 bits per heavy atom. The fourth-order valence-electron chi connectivity index (χ4n) is 1.99. The number of rotatable bonds is 7. The Hall–Kier alpha value is -1.40. The van der Waals surface area contributed by atoms with Gasteiger partial charge in [0.15, 0.2) is 0 Å². The molecule has 0 atom stereocenters. The lowest BCUT2D eigenvalue weighted by molar-refractivity contribution is -0.384.